The number of hydrogen-bond donors (Lipinski definition) is 2. The van der Waals surface area contributed by atoms with Gasteiger partial charge in [-0.25, -0.2) is 0 Å². The highest BCUT2D eigenvalue weighted by Crippen LogP contribution is 2.24. The third kappa shape index (κ3) is 3.57. The Labute approximate surface area is 133 Å². The molecule has 0 bridgehead atoms. The van der Waals surface area contributed by atoms with Crippen molar-refractivity contribution < 1.29 is 9.53 Å². The topological polar surface area (TPSA) is 79.9 Å². The van der Waals surface area contributed by atoms with E-state index in [1.165, 1.54) is 0 Å². The molecule has 2 N–H and O–H groups in total. The number of H-pyrrole nitrogens is 1. The van der Waals surface area contributed by atoms with Crippen LogP contribution in [0.2, 0.25) is 5.02 Å². The molecule has 0 aliphatic heterocycles. The third-order valence-corrected chi connectivity index (χ3v) is 4.11. The Hall–Kier alpha value is -2.08. The van der Waals surface area contributed by atoms with Crippen molar-refractivity contribution in [1.82, 2.24) is 20.5 Å². The molecule has 1 amide bonds. The van der Waals surface area contributed by atoms with Crippen LogP contribution in [0.25, 0.3) is 0 Å². The van der Waals surface area contributed by atoms with Crippen molar-refractivity contribution in [2.24, 2.45) is 0 Å². The van der Waals surface area contributed by atoms with Crippen LogP contribution in [0.15, 0.2) is 30.9 Å². The molecule has 6 nitrogen and oxygen atoms in total. The SMILES string of the molecule is O=C(Cc1ccncc1Cl)N[C@H]1CCC[C@H]1Oc1cn[nH]c1. The minimum atomic E-state index is -0.0548. The molecule has 3 rings (SSSR count). The van der Waals surface area contributed by atoms with E-state index in [1.807, 2.05) is 0 Å². The highest BCUT2D eigenvalue weighted by Gasteiger charge is 2.30. The standard InChI is InChI=1S/C15H17ClN4O2/c16-12-9-17-5-4-10(12)6-15(21)20-13-2-1-3-14(13)22-11-7-18-19-8-11/h4-5,7-9,13-14H,1-3,6H2,(H,18,19)(H,20,21)/t13-,14+/m0/s1. The molecule has 0 spiro atoms. The number of carbonyl (C=O) groups excluding carboxylic acids is 1. The third-order valence-electron chi connectivity index (χ3n) is 3.77. The van der Waals surface area contributed by atoms with Crippen molar-refractivity contribution in [3.8, 4) is 5.75 Å². The summed E-state index contributed by atoms with van der Waals surface area (Å²) in [5.41, 5.74) is 0.777. The van der Waals surface area contributed by atoms with E-state index in [9.17, 15) is 4.79 Å². The number of amides is 1. The Morgan fingerprint density at radius 1 is 1.45 bits per heavy atom. The molecule has 1 aliphatic rings. The summed E-state index contributed by atoms with van der Waals surface area (Å²) < 4.78 is 5.86. The molecule has 0 aromatic carbocycles. The average molecular weight is 321 g/mol. The summed E-state index contributed by atoms with van der Waals surface area (Å²) in [6, 6.07) is 1.78. The van der Waals surface area contributed by atoms with Crippen molar-refractivity contribution in [3.63, 3.8) is 0 Å². The van der Waals surface area contributed by atoms with Gasteiger partial charge >= 0.3 is 0 Å². The lowest BCUT2D eigenvalue weighted by molar-refractivity contribution is -0.121. The number of rotatable bonds is 5. The molecule has 2 aromatic rings. The first-order valence-corrected chi connectivity index (χ1v) is 7.63. The summed E-state index contributed by atoms with van der Waals surface area (Å²) >= 11 is 6.03. The van der Waals surface area contributed by atoms with E-state index in [1.54, 1.807) is 30.9 Å². The predicted molar refractivity (Wildman–Crippen MR) is 81.7 cm³/mol. The Bertz CT molecular complexity index is 632. The van der Waals surface area contributed by atoms with Gasteiger partial charge in [0.15, 0.2) is 5.75 Å². The van der Waals surface area contributed by atoms with Crippen LogP contribution in [-0.4, -0.2) is 33.2 Å². The van der Waals surface area contributed by atoms with Gasteiger partial charge < -0.3 is 10.1 Å². The molecule has 1 saturated carbocycles. The summed E-state index contributed by atoms with van der Waals surface area (Å²) in [5, 5.41) is 10.1. The number of aromatic nitrogens is 3. The van der Waals surface area contributed by atoms with Crippen LogP contribution in [0.5, 0.6) is 5.75 Å². The quantitative estimate of drug-likeness (QED) is 0.884. The molecule has 7 heteroatoms. The fourth-order valence-corrected chi connectivity index (χ4v) is 2.87. The van der Waals surface area contributed by atoms with E-state index in [0.29, 0.717) is 10.8 Å². The fraction of sp³-hybridized carbons (Fsp3) is 0.400. The average Bonchev–Trinajstić information content (AvgIpc) is 3.15. The Morgan fingerprint density at radius 3 is 3.14 bits per heavy atom. The maximum absolute atomic E-state index is 12.2. The Morgan fingerprint density at radius 2 is 2.36 bits per heavy atom. The lowest BCUT2D eigenvalue weighted by Crippen LogP contribution is -2.43. The first kappa shape index (κ1) is 14.8. The number of halogens is 1. The van der Waals surface area contributed by atoms with Crippen molar-refractivity contribution in [2.45, 2.75) is 37.8 Å². The van der Waals surface area contributed by atoms with Crippen LogP contribution >= 0.6 is 11.6 Å². The van der Waals surface area contributed by atoms with Crippen molar-refractivity contribution in [3.05, 3.63) is 41.4 Å². The van der Waals surface area contributed by atoms with Crippen LogP contribution in [0, 0.1) is 0 Å². The molecule has 22 heavy (non-hydrogen) atoms. The second-order valence-corrected chi connectivity index (χ2v) is 5.75. The highest BCUT2D eigenvalue weighted by molar-refractivity contribution is 6.31. The molecule has 1 fully saturated rings. The summed E-state index contributed by atoms with van der Waals surface area (Å²) in [6.45, 7) is 0. The number of nitrogens with one attached hydrogen (secondary N) is 2. The van der Waals surface area contributed by atoms with Crippen LogP contribution in [0.1, 0.15) is 24.8 Å². The van der Waals surface area contributed by atoms with Crippen LogP contribution in [0.4, 0.5) is 0 Å². The maximum Gasteiger partial charge on any atom is 0.224 e. The molecule has 2 heterocycles. The summed E-state index contributed by atoms with van der Waals surface area (Å²) in [6.07, 6.45) is 9.61. The number of hydrogen-bond acceptors (Lipinski definition) is 4. The van der Waals surface area contributed by atoms with Crippen LogP contribution in [0.3, 0.4) is 0 Å². The van der Waals surface area contributed by atoms with Crippen molar-refractivity contribution >= 4 is 17.5 Å². The van der Waals surface area contributed by atoms with Gasteiger partial charge in [-0.2, -0.15) is 5.10 Å². The minimum absolute atomic E-state index is 0.0167. The van der Waals surface area contributed by atoms with E-state index in [4.69, 9.17) is 16.3 Å². The molecule has 116 valence electrons. The molecule has 0 unspecified atom stereocenters. The zero-order valence-corrected chi connectivity index (χ0v) is 12.7. The van der Waals surface area contributed by atoms with E-state index in [-0.39, 0.29) is 24.5 Å². The van der Waals surface area contributed by atoms with Gasteiger partial charge in [0.1, 0.15) is 6.10 Å². The van der Waals surface area contributed by atoms with Gasteiger partial charge in [-0.05, 0) is 30.9 Å². The van der Waals surface area contributed by atoms with Crippen molar-refractivity contribution in [1.29, 1.82) is 0 Å². The van der Waals surface area contributed by atoms with Gasteiger partial charge in [0, 0.05) is 12.4 Å². The van der Waals surface area contributed by atoms with E-state index in [0.717, 1.165) is 24.8 Å². The van der Waals surface area contributed by atoms with Crippen LogP contribution < -0.4 is 10.1 Å². The normalized spacial score (nSPS) is 20.8. The first-order chi connectivity index (χ1) is 10.7. The molecule has 2 aromatic heterocycles. The van der Waals surface area contributed by atoms with E-state index >= 15 is 0 Å². The first-order valence-electron chi connectivity index (χ1n) is 7.25. The maximum atomic E-state index is 12.2. The minimum Gasteiger partial charge on any atom is -0.485 e. The van der Waals surface area contributed by atoms with E-state index in [2.05, 4.69) is 20.5 Å². The zero-order valence-electron chi connectivity index (χ0n) is 12.0. The lowest BCUT2D eigenvalue weighted by atomic mass is 10.1. The molecule has 0 radical (unpaired) electrons. The van der Waals surface area contributed by atoms with Crippen LogP contribution in [-0.2, 0) is 11.2 Å². The summed E-state index contributed by atoms with van der Waals surface area (Å²) in [4.78, 5) is 16.1. The zero-order chi connectivity index (χ0) is 15.4. The predicted octanol–water partition coefficient (Wildman–Crippen LogP) is 2.12. The summed E-state index contributed by atoms with van der Waals surface area (Å²) in [7, 11) is 0. The molecule has 2 atom stereocenters. The van der Waals surface area contributed by atoms with Gasteiger partial charge in [-0.1, -0.05) is 11.6 Å². The smallest absolute Gasteiger partial charge is 0.224 e. The molecule has 1 aliphatic carbocycles. The largest absolute Gasteiger partial charge is 0.485 e. The monoisotopic (exact) mass is 320 g/mol. The summed E-state index contributed by atoms with van der Waals surface area (Å²) in [5.74, 6) is 0.643. The van der Waals surface area contributed by atoms with Crippen molar-refractivity contribution in [2.75, 3.05) is 0 Å². The number of pyridine rings is 1. The number of aromatic amines is 1. The van der Waals surface area contributed by atoms with Gasteiger partial charge in [0.2, 0.25) is 5.91 Å². The molecular formula is C15H17ClN4O2. The second-order valence-electron chi connectivity index (χ2n) is 5.34. The Kier molecular flexibility index (Phi) is 4.58. The van der Waals surface area contributed by atoms with Gasteiger partial charge in [-0.15, -0.1) is 0 Å². The highest BCUT2D eigenvalue weighted by atomic mass is 35.5. The Balaban J connectivity index is 1.57. The lowest BCUT2D eigenvalue weighted by Gasteiger charge is -2.21. The number of carbonyl (C=O) groups is 1. The number of nitrogens with zero attached hydrogens (tertiary/aromatic N) is 2. The molecule has 0 saturated heterocycles. The fourth-order valence-electron chi connectivity index (χ4n) is 2.69. The second kappa shape index (κ2) is 6.79. The molecular weight excluding hydrogens is 304 g/mol. The van der Waals surface area contributed by atoms with Gasteiger partial charge in [-0.3, -0.25) is 14.9 Å². The van der Waals surface area contributed by atoms with E-state index < -0.39 is 0 Å². The van der Waals surface area contributed by atoms with Gasteiger partial charge in [0.05, 0.1) is 29.9 Å². The number of ether oxygens (including phenoxy) is 1. The van der Waals surface area contributed by atoms with Gasteiger partial charge in [0.25, 0.3) is 0 Å².